The highest BCUT2D eigenvalue weighted by Crippen LogP contribution is 2.23. The predicted molar refractivity (Wildman–Crippen MR) is 74.2 cm³/mol. The number of carboxylic acid groups (broad SMARTS) is 1. The first-order chi connectivity index (χ1) is 9.08. The first-order valence-corrected chi connectivity index (χ1v) is 6.29. The van der Waals surface area contributed by atoms with Crippen molar-refractivity contribution in [2.75, 3.05) is 0 Å². The van der Waals surface area contributed by atoms with Gasteiger partial charge in [0.05, 0.1) is 5.92 Å². The van der Waals surface area contributed by atoms with Gasteiger partial charge >= 0.3 is 5.97 Å². The Labute approximate surface area is 112 Å². The van der Waals surface area contributed by atoms with Crippen molar-refractivity contribution in [3.05, 3.63) is 65.0 Å². The highest BCUT2D eigenvalue weighted by Gasteiger charge is 2.22. The van der Waals surface area contributed by atoms with E-state index in [0.29, 0.717) is 6.42 Å². The molecule has 0 saturated heterocycles. The van der Waals surface area contributed by atoms with Gasteiger partial charge in [0.25, 0.3) is 0 Å². The molecule has 1 N–H and O–H groups in total. The third-order valence-electron chi connectivity index (χ3n) is 3.22. The fraction of sp³-hybridized carbons (Fsp3) is 0.250. The van der Waals surface area contributed by atoms with Gasteiger partial charge in [-0.2, -0.15) is 0 Å². The summed E-state index contributed by atoms with van der Waals surface area (Å²) in [6.45, 7) is 3.85. The van der Waals surface area contributed by atoms with Gasteiger partial charge in [-0.15, -0.1) is 0 Å². The maximum absolute atomic E-state index is 11.5. The van der Waals surface area contributed by atoms with E-state index in [9.17, 15) is 9.90 Å². The molecule has 0 aliphatic heterocycles. The molecule has 0 radical (unpaired) electrons. The maximum Gasteiger partial charge on any atom is 0.311 e. The number of hydrogen-bond donors (Lipinski definition) is 1. The minimum Gasteiger partial charge on any atom is -0.481 e. The standard InChI is InChI=1S/C16H17NO2/c1-11-6-3-4-9-14(11)15(16(18)19)10-13-8-5-7-12(2)17-13/h3-9,15H,10H2,1-2H3,(H,18,19). The molecule has 0 bridgehead atoms. The van der Waals surface area contributed by atoms with Crippen molar-refractivity contribution >= 4 is 5.97 Å². The fourth-order valence-electron chi connectivity index (χ4n) is 2.23. The summed E-state index contributed by atoms with van der Waals surface area (Å²) in [6, 6.07) is 13.3. The normalized spacial score (nSPS) is 12.1. The molecule has 1 aromatic carbocycles. The van der Waals surface area contributed by atoms with Crippen molar-refractivity contribution in [1.29, 1.82) is 0 Å². The lowest BCUT2D eigenvalue weighted by molar-refractivity contribution is -0.138. The molecule has 1 heterocycles. The van der Waals surface area contributed by atoms with E-state index in [1.54, 1.807) is 0 Å². The Morgan fingerprint density at radius 3 is 2.53 bits per heavy atom. The number of hydrogen-bond acceptors (Lipinski definition) is 2. The topological polar surface area (TPSA) is 50.2 Å². The van der Waals surface area contributed by atoms with Crippen LogP contribution in [0.5, 0.6) is 0 Å². The summed E-state index contributed by atoms with van der Waals surface area (Å²) in [4.78, 5) is 15.9. The van der Waals surface area contributed by atoms with Crippen LogP contribution >= 0.6 is 0 Å². The van der Waals surface area contributed by atoms with Crippen molar-refractivity contribution in [3.63, 3.8) is 0 Å². The minimum atomic E-state index is -0.808. The van der Waals surface area contributed by atoms with Gasteiger partial charge in [-0.1, -0.05) is 30.3 Å². The van der Waals surface area contributed by atoms with Crippen LogP contribution in [0.2, 0.25) is 0 Å². The Morgan fingerprint density at radius 1 is 1.16 bits per heavy atom. The Bertz CT molecular complexity index is 593. The summed E-state index contributed by atoms with van der Waals surface area (Å²) in [5.74, 6) is -1.35. The lowest BCUT2D eigenvalue weighted by Crippen LogP contribution is -2.16. The van der Waals surface area contributed by atoms with Gasteiger partial charge in [-0.25, -0.2) is 0 Å². The molecule has 0 aliphatic rings. The highest BCUT2D eigenvalue weighted by atomic mass is 16.4. The molecule has 19 heavy (non-hydrogen) atoms. The van der Waals surface area contributed by atoms with Crippen LogP contribution in [0.3, 0.4) is 0 Å². The SMILES string of the molecule is Cc1cccc(CC(C(=O)O)c2ccccc2C)n1. The van der Waals surface area contributed by atoms with Gasteiger partial charge in [-0.05, 0) is 37.1 Å². The van der Waals surface area contributed by atoms with E-state index in [4.69, 9.17) is 0 Å². The molecule has 1 unspecified atom stereocenters. The maximum atomic E-state index is 11.5. The summed E-state index contributed by atoms with van der Waals surface area (Å²) >= 11 is 0. The lowest BCUT2D eigenvalue weighted by Gasteiger charge is -2.15. The van der Waals surface area contributed by atoms with Gasteiger partial charge in [0.1, 0.15) is 0 Å². The summed E-state index contributed by atoms with van der Waals surface area (Å²) in [5, 5.41) is 9.45. The van der Waals surface area contributed by atoms with Gasteiger partial charge in [0, 0.05) is 17.8 Å². The van der Waals surface area contributed by atoms with Crippen molar-refractivity contribution < 1.29 is 9.90 Å². The average molecular weight is 255 g/mol. The molecule has 0 saturated carbocycles. The number of aliphatic carboxylic acids is 1. The lowest BCUT2D eigenvalue weighted by atomic mass is 9.91. The van der Waals surface area contributed by atoms with Crippen molar-refractivity contribution in [1.82, 2.24) is 4.98 Å². The number of aryl methyl sites for hydroxylation is 2. The van der Waals surface area contributed by atoms with E-state index >= 15 is 0 Å². The Morgan fingerprint density at radius 2 is 1.89 bits per heavy atom. The number of benzene rings is 1. The molecule has 0 amide bonds. The quantitative estimate of drug-likeness (QED) is 0.913. The molecule has 2 rings (SSSR count). The van der Waals surface area contributed by atoms with E-state index in [2.05, 4.69) is 4.98 Å². The van der Waals surface area contributed by atoms with E-state index in [1.165, 1.54) is 0 Å². The molecule has 2 aromatic rings. The van der Waals surface area contributed by atoms with Crippen LogP contribution in [-0.2, 0) is 11.2 Å². The van der Waals surface area contributed by atoms with Crippen molar-refractivity contribution in [3.8, 4) is 0 Å². The van der Waals surface area contributed by atoms with Crippen LogP contribution in [0.25, 0.3) is 0 Å². The van der Waals surface area contributed by atoms with Crippen LogP contribution in [0, 0.1) is 13.8 Å². The average Bonchev–Trinajstić information content (AvgIpc) is 2.37. The van der Waals surface area contributed by atoms with Crippen LogP contribution in [0.1, 0.15) is 28.4 Å². The van der Waals surface area contributed by atoms with E-state index in [0.717, 1.165) is 22.5 Å². The van der Waals surface area contributed by atoms with Crippen molar-refractivity contribution in [2.45, 2.75) is 26.2 Å². The molecule has 98 valence electrons. The second kappa shape index (κ2) is 5.65. The monoisotopic (exact) mass is 255 g/mol. The van der Waals surface area contributed by atoms with Crippen molar-refractivity contribution in [2.24, 2.45) is 0 Å². The molecule has 1 aromatic heterocycles. The molecule has 3 nitrogen and oxygen atoms in total. The van der Waals surface area contributed by atoms with Crippen LogP contribution in [0.15, 0.2) is 42.5 Å². The van der Waals surface area contributed by atoms with E-state index in [-0.39, 0.29) is 0 Å². The fourth-order valence-corrected chi connectivity index (χ4v) is 2.23. The third-order valence-corrected chi connectivity index (χ3v) is 3.22. The second-order valence-electron chi connectivity index (χ2n) is 4.72. The number of pyridine rings is 1. The second-order valence-corrected chi connectivity index (χ2v) is 4.72. The highest BCUT2D eigenvalue weighted by molar-refractivity contribution is 5.77. The largest absolute Gasteiger partial charge is 0.481 e. The molecule has 0 aliphatic carbocycles. The van der Waals surface area contributed by atoms with Crippen LogP contribution < -0.4 is 0 Å². The molecule has 1 atom stereocenters. The number of aromatic nitrogens is 1. The first kappa shape index (κ1) is 13.3. The zero-order valence-electron chi connectivity index (χ0n) is 11.1. The Hall–Kier alpha value is -2.16. The molecule has 3 heteroatoms. The van der Waals surface area contributed by atoms with Gasteiger partial charge < -0.3 is 5.11 Å². The number of carbonyl (C=O) groups is 1. The molecular weight excluding hydrogens is 238 g/mol. The predicted octanol–water partition coefficient (Wildman–Crippen LogP) is 3.11. The van der Waals surface area contributed by atoms with E-state index < -0.39 is 11.9 Å². The number of nitrogens with zero attached hydrogens (tertiary/aromatic N) is 1. The molecule has 0 spiro atoms. The minimum absolute atomic E-state index is 0.419. The zero-order valence-corrected chi connectivity index (χ0v) is 11.1. The van der Waals surface area contributed by atoms with E-state index in [1.807, 2.05) is 56.3 Å². The molecule has 0 fully saturated rings. The summed E-state index contributed by atoms with van der Waals surface area (Å²) in [5.41, 5.74) is 3.59. The first-order valence-electron chi connectivity index (χ1n) is 6.29. The Balaban J connectivity index is 2.32. The van der Waals surface area contributed by atoms with Crippen LogP contribution in [0.4, 0.5) is 0 Å². The third kappa shape index (κ3) is 3.19. The smallest absolute Gasteiger partial charge is 0.311 e. The summed E-state index contributed by atoms with van der Waals surface area (Å²) in [6.07, 6.45) is 0.419. The molecular formula is C16H17NO2. The van der Waals surface area contributed by atoms with Crippen LogP contribution in [-0.4, -0.2) is 16.1 Å². The number of carboxylic acids is 1. The van der Waals surface area contributed by atoms with Gasteiger partial charge in [0.15, 0.2) is 0 Å². The zero-order chi connectivity index (χ0) is 13.8. The summed E-state index contributed by atoms with van der Waals surface area (Å²) < 4.78 is 0. The van der Waals surface area contributed by atoms with Gasteiger partial charge in [-0.3, -0.25) is 9.78 Å². The number of rotatable bonds is 4. The Kier molecular flexibility index (Phi) is 3.95. The van der Waals surface area contributed by atoms with Gasteiger partial charge in [0.2, 0.25) is 0 Å². The summed E-state index contributed by atoms with van der Waals surface area (Å²) in [7, 11) is 0.